The summed E-state index contributed by atoms with van der Waals surface area (Å²) in [7, 11) is 0. The highest BCUT2D eigenvalue weighted by atomic mass is 14.9. The van der Waals surface area contributed by atoms with Gasteiger partial charge in [0.05, 0.1) is 134 Å². The molecule has 554 valence electrons. The van der Waals surface area contributed by atoms with Gasteiger partial charge in [0.25, 0.3) is 0 Å². The van der Waals surface area contributed by atoms with Gasteiger partial charge in [-0.2, -0.15) is 0 Å². The lowest BCUT2D eigenvalue weighted by molar-refractivity contribution is 1.07. The molecule has 27 aromatic rings. The molecular weight excluding hydrogens is 1480 g/mol. The van der Waals surface area contributed by atoms with Crippen molar-refractivity contribution in [1.82, 2.24) is 89.7 Å². The summed E-state index contributed by atoms with van der Waals surface area (Å²) in [6.07, 6.45) is 6.29. The molecule has 18 nitrogen and oxygen atoms in total. The van der Waals surface area contributed by atoms with Crippen LogP contribution in [0.15, 0.2) is 231 Å². The fraction of sp³-hybridized carbons (Fsp3) is 0.0392. The fourth-order valence-electron chi connectivity index (χ4n) is 21.9. The van der Waals surface area contributed by atoms with E-state index in [0.29, 0.717) is 25.7 Å². The smallest absolute Gasteiger partial charge is 0.0972 e. The van der Waals surface area contributed by atoms with Crippen molar-refractivity contribution in [3.63, 3.8) is 0 Å². The summed E-state index contributed by atoms with van der Waals surface area (Å²) in [4.78, 5) is 86.2. The van der Waals surface area contributed by atoms with Crippen molar-refractivity contribution in [1.29, 1.82) is 0 Å². The standard InChI is InChI=1S/C102H56N18/c1-3-45-11-19-73-83-65-39-57-35-59-41-67-85-75-24-16-50-8-6-48-14-22-72(118-94(48)96(50)120-75)82-64-38-56-34-54-30-52-32-78-62(26-28-104-78)80(88(52)106-54)70-18-10-44-2-4-46-12-20-74(116-92(46)90(44)114-70)84(98(64)108-56)66-40-58(110-100(66)82)36-60-42-68(102(85)112-60)86(101(67)111-59)76-23-15-49-7-5-47-13-21-71(117-93(47)95(49)119-76)81(99(65)109-57)63-37-55(107-97(63)83)33-53-29-51-31-77-61(25-27-103-77)79(87(51)105-53)69-17-9-43(1)89(113-69)91(45)115-73/h1-32,37-42,103-112H,33-36H2. The minimum absolute atomic E-state index is 0.518. The number of hydrogen-bond acceptors (Lipinski definition) is 8. The molecule has 0 atom stereocenters. The predicted molar refractivity (Wildman–Crippen MR) is 482 cm³/mol. The van der Waals surface area contributed by atoms with Crippen LogP contribution in [0.1, 0.15) is 45.6 Å². The molecule has 32 bridgehead atoms. The predicted octanol–water partition coefficient (Wildman–Crippen LogP) is 23.8. The number of hydrogen-bond donors (Lipinski definition) is 10. The van der Waals surface area contributed by atoms with Gasteiger partial charge in [-0.05, 0) is 121 Å². The zero-order valence-electron chi connectivity index (χ0n) is 63.3. The molecule has 0 fully saturated rings. The molecule has 18 heteroatoms. The Balaban J connectivity index is 0.651. The van der Waals surface area contributed by atoms with Crippen LogP contribution in [0.3, 0.4) is 0 Å². The SMILES string of the molecule is c1cc2c3c4[nH]c(cc4cc2[nH]1)Cc1cc2c4c5[nH]c(cc5c(c2[nH]1)-c1ccc2ccc5ccc-3nc5c2n1)Cc1cc2c3c5[nH]c(cc5c(c2[nH]1)-c1ccc2ccc5ccc-4nc5c2n1)Cc1cc2c4c5[nH]c(cc5c(c2[nH]1)-c1ccc2ccc5ccc-3nc5c2n1)Cc1cc2cc3[nH]ccc3c(c2[nH]1)-c1ccc2ccc3ccc-4nc3c2n1. The summed E-state index contributed by atoms with van der Waals surface area (Å²) < 4.78 is 0. The number of aromatic nitrogens is 18. The fourth-order valence-corrected chi connectivity index (χ4v) is 21.9. The van der Waals surface area contributed by atoms with Gasteiger partial charge < -0.3 is 49.8 Å². The Labute approximate surface area is 673 Å². The summed E-state index contributed by atoms with van der Waals surface area (Å²) in [5.74, 6) is 0. The van der Waals surface area contributed by atoms with Crippen LogP contribution in [-0.2, 0) is 25.7 Å². The maximum Gasteiger partial charge on any atom is 0.0972 e. The topological polar surface area (TPSA) is 261 Å². The quantitative estimate of drug-likeness (QED) is 0.0651. The van der Waals surface area contributed by atoms with Crippen molar-refractivity contribution < 1.29 is 0 Å². The summed E-state index contributed by atoms with van der Waals surface area (Å²) in [6.45, 7) is 0. The molecule has 22 heterocycles. The molecule has 9 aromatic carbocycles. The number of rotatable bonds is 0. The normalized spacial score (nSPS) is 13.5. The zero-order chi connectivity index (χ0) is 77.1. The van der Waals surface area contributed by atoms with Gasteiger partial charge in [-0.1, -0.05) is 97.1 Å². The second kappa shape index (κ2) is 21.2. The van der Waals surface area contributed by atoms with Crippen molar-refractivity contribution >= 4 is 196 Å². The minimum atomic E-state index is 0.518. The van der Waals surface area contributed by atoms with Crippen LogP contribution in [0.5, 0.6) is 0 Å². The number of pyridine rings is 8. The van der Waals surface area contributed by atoms with E-state index in [2.05, 4.69) is 268 Å². The van der Waals surface area contributed by atoms with E-state index in [4.69, 9.17) is 39.9 Å². The van der Waals surface area contributed by atoms with E-state index in [0.717, 1.165) is 332 Å². The van der Waals surface area contributed by atoms with Crippen molar-refractivity contribution in [2.45, 2.75) is 25.7 Å². The highest BCUT2D eigenvalue weighted by Gasteiger charge is 2.32. The maximum absolute atomic E-state index is 5.91. The Morgan fingerprint density at radius 3 is 0.567 bits per heavy atom. The average molecular weight is 1530 g/mol. The first-order valence-electron chi connectivity index (χ1n) is 40.9. The summed E-state index contributed by atoms with van der Waals surface area (Å²) in [5, 5.41) is 18.6. The second-order valence-electron chi connectivity index (χ2n) is 33.8. The summed E-state index contributed by atoms with van der Waals surface area (Å²) in [6, 6.07) is 80.2. The van der Waals surface area contributed by atoms with Crippen LogP contribution >= 0.6 is 0 Å². The zero-order valence-corrected chi connectivity index (χ0v) is 63.3. The number of H-pyrrole nitrogens is 10. The third kappa shape index (κ3) is 7.96. The summed E-state index contributed by atoms with van der Waals surface area (Å²) >= 11 is 0. The molecule has 10 N–H and O–H groups in total. The van der Waals surface area contributed by atoms with Gasteiger partial charge in [-0.15, -0.1) is 0 Å². The third-order valence-corrected chi connectivity index (χ3v) is 27.0. The Morgan fingerprint density at radius 1 is 0.167 bits per heavy atom. The first kappa shape index (κ1) is 61.2. The molecule has 0 amide bonds. The van der Waals surface area contributed by atoms with E-state index in [1.54, 1.807) is 0 Å². The molecule has 0 spiro atoms. The Bertz CT molecular complexity index is 9060. The van der Waals surface area contributed by atoms with E-state index in [1.165, 1.54) is 0 Å². The highest BCUT2D eigenvalue weighted by Crippen LogP contribution is 2.52. The molecule has 4 aliphatic heterocycles. The van der Waals surface area contributed by atoms with Gasteiger partial charge in [0.15, 0.2) is 0 Å². The van der Waals surface area contributed by atoms with E-state index in [-0.39, 0.29) is 0 Å². The Morgan fingerprint density at radius 2 is 0.350 bits per heavy atom. The molecule has 0 saturated carbocycles. The molecule has 18 aromatic heterocycles. The lowest BCUT2D eigenvalue weighted by atomic mass is 9.94. The Kier molecular flexibility index (Phi) is 10.8. The van der Waals surface area contributed by atoms with Gasteiger partial charge in [0.2, 0.25) is 0 Å². The van der Waals surface area contributed by atoms with Gasteiger partial charge in [0, 0.05) is 236 Å². The van der Waals surface area contributed by atoms with E-state index < -0.39 is 0 Å². The number of benzene rings is 9. The largest absolute Gasteiger partial charge is 0.361 e. The number of fused-ring (bicyclic) bond motifs is 34. The summed E-state index contributed by atoms with van der Waals surface area (Å²) in [5.41, 5.74) is 39.8. The highest BCUT2D eigenvalue weighted by molar-refractivity contribution is 6.26. The molecule has 4 aliphatic rings. The molecule has 0 radical (unpaired) electrons. The van der Waals surface area contributed by atoms with E-state index in [1.807, 2.05) is 12.4 Å². The van der Waals surface area contributed by atoms with Gasteiger partial charge in [-0.3, -0.25) is 0 Å². The lowest BCUT2D eigenvalue weighted by Gasteiger charge is -2.15. The van der Waals surface area contributed by atoms with E-state index in [9.17, 15) is 0 Å². The van der Waals surface area contributed by atoms with Crippen LogP contribution < -0.4 is 0 Å². The number of nitrogens with zero attached hydrogens (tertiary/aromatic N) is 8. The molecular formula is C102H56N18. The minimum Gasteiger partial charge on any atom is -0.361 e. The molecule has 120 heavy (non-hydrogen) atoms. The van der Waals surface area contributed by atoms with Crippen LogP contribution in [0.2, 0.25) is 0 Å². The van der Waals surface area contributed by atoms with Gasteiger partial charge >= 0.3 is 0 Å². The number of nitrogens with one attached hydrogen (secondary N) is 10. The Hall–Kier alpha value is -16.3. The van der Waals surface area contributed by atoms with Gasteiger partial charge in [-0.25, -0.2) is 39.9 Å². The lowest BCUT2D eigenvalue weighted by Crippen LogP contribution is -1.96. The average Bonchev–Trinajstić information content (AvgIpc) is 1.53. The molecule has 0 saturated heterocycles. The monoisotopic (exact) mass is 1530 g/mol. The van der Waals surface area contributed by atoms with Crippen molar-refractivity contribution in [2.24, 2.45) is 0 Å². The van der Waals surface area contributed by atoms with Crippen LogP contribution in [0.25, 0.3) is 286 Å². The maximum atomic E-state index is 5.91. The first-order valence-corrected chi connectivity index (χ1v) is 40.9. The van der Waals surface area contributed by atoms with Crippen molar-refractivity contribution in [2.75, 3.05) is 0 Å². The van der Waals surface area contributed by atoms with Crippen LogP contribution in [0.4, 0.5) is 0 Å². The van der Waals surface area contributed by atoms with Crippen molar-refractivity contribution in [3.05, 3.63) is 276 Å². The molecule has 0 aliphatic carbocycles. The number of aromatic amines is 10. The van der Waals surface area contributed by atoms with Crippen LogP contribution in [0, 0.1) is 0 Å². The second-order valence-corrected chi connectivity index (χ2v) is 33.8. The molecule has 31 rings (SSSR count). The van der Waals surface area contributed by atoms with E-state index >= 15 is 0 Å². The van der Waals surface area contributed by atoms with Gasteiger partial charge in [0.1, 0.15) is 0 Å². The van der Waals surface area contributed by atoms with Crippen molar-refractivity contribution in [3.8, 4) is 90.1 Å². The van der Waals surface area contributed by atoms with Crippen LogP contribution in [-0.4, -0.2) is 89.7 Å². The first-order chi connectivity index (χ1) is 59.3. The third-order valence-electron chi connectivity index (χ3n) is 27.0. The molecule has 0 unspecified atom stereocenters.